The molecule has 1 aliphatic heterocycles. The zero-order valence-electron chi connectivity index (χ0n) is 13.0. The molecule has 1 aromatic carbocycles. The molecule has 0 saturated carbocycles. The molecule has 1 fully saturated rings. The molecule has 0 radical (unpaired) electrons. The summed E-state index contributed by atoms with van der Waals surface area (Å²) in [5, 5.41) is 12.5. The summed E-state index contributed by atoms with van der Waals surface area (Å²) in [6.07, 6.45) is 3.65. The molecule has 1 aromatic heterocycles. The van der Waals surface area contributed by atoms with Gasteiger partial charge >= 0.3 is 0 Å². The summed E-state index contributed by atoms with van der Waals surface area (Å²) in [6.45, 7) is 3.37. The summed E-state index contributed by atoms with van der Waals surface area (Å²) < 4.78 is 11.0. The van der Waals surface area contributed by atoms with E-state index in [-0.39, 0.29) is 0 Å². The minimum atomic E-state index is 0.331. The number of hydrogen-bond acceptors (Lipinski definition) is 6. The van der Waals surface area contributed by atoms with E-state index in [0.29, 0.717) is 17.5 Å². The smallest absolute Gasteiger partial charge is 0.235 e. The number of nitrogens with one attached hydrogen (secondary N) is 1. The zero-order chi connectivity index (χ0) is 16.1. The summed E-state index contributed by atoms with van der Waals surface area (Å²) in [6, 6.07) is 9.80. The molecule has 0 spiro atoms. The summed E-state index contributed by atoms with van der Waals surface area (Å²) in [5.74, 6) is 1.77. The van der Waals surface area contributed by atoms with Gasteiger partial charge in [0, 0.05) is 32.3 Å². The highest BCUT2D eigenvalue weighted by Gasteiger charge is 2.20. The van der Waals surface area contributed by atoms with Gasteiger partial charge in [0.2, 0.25) is 17.5 Å². The summed E-state index contributed by atoms with van der Waals surface area (Å²) in [5.41, 5.74) is 1.31. The number of piperazine rings is 1. The zero-order valence-corrected chi connectivity index (χ0v) is 13.0. The molecule has 23 heavy (non-hydrogen) atoms. The highest BCUT2D eigenvalue weighted by Crippen LogP contribution is 2.23. The molecule has 0 unspecified atom stereocenters. The molecule has 118 valence electrons. The lowest BCUT2D eigenvalue weighted by Crippen LogP contribution is -2.43. The molecule has 2 aromatic rings. The molecule has 0 atom stereocenters. The molecule has 1 saturated heterocycles. The van der Waals surface area contributed by atoms with Crippen molar-refractivity contribution >= 4 is 18.0 Å². The average molecular weight is 310 g/mol. The van der Waals surface area contributed by atoms with Crippen molar-refractivity contribution in [3.05, 3.63) is 41.4 Å². The lowest BCUT2D eigenvalue weighted by atomic mass is 10.2. The topological polar surface area (TPSA) is 74.3 Å². The number of methoxy groups -OCH3 is 1. The van der Waals surface area contributed by atoms with Gasteiger partial charge in [0.05, 0.1) is 7.11 Å². The number of ether oxygens (including phenoxy) is 1. The van der Waals surface area contributed by atoms with Crippen LogP contribution in [0, 0.1) is 11.3 Å². The number of oxazole rings is 1. The predicted octanol–water partition coefficient (Wildman–Crippen LogP) is 2.13. The van der Waals surface area contributed by atoms with E-state index in [1.54, 1.807) is 13.2 Å². The highest BCUT2D eigenvalue weighted by molar-refractivity contribution is 5.68. The first-order valence-electron chi connectivity index (χ1n) is 7.49. The van der Waals surface area contributed by atoms with E-state index < -0.39 is 0 Å². The number of benzene rings is 1. The Labute approximate surface area is 135 Å². The number of nitrogens with zero attached hydrogens (tertiary/aromatic N) is 3. The number of hydrogen-bond donors (Lipinski definition) is 1. The maximum absolute atomic E-state index is 9.26. The van der Waals surface area contributed by atoms with E-state index in [0.717, 1.165) is 37.5 Å². The van der Waals surface area contributed by atoms with Gasteiger partial charge in [0.25, 0.3) is 0 Å². The van der Waals surface area contributed by atoms with Crippen LogP contribution >= 0.6 is 0 Å². The molecule has 1 N–H and O–H groups in total. The van der Waals surface area contributed by atoms with Crippen LogP contribution in [-0.4, -0.2) is 38.3 Å². The average Bonchev–Trinajstić information content (AvgIpc) is 3.04. The quantitative estimate of drug-likeness (QED) is 0.932. The molecule has 6 heteroatoms. The lowest BCUT2D eigenvalue weighted by molar-refractivity contribution is 0.414. The van der Waals surface area contributed by atoms with Crippen LogP contribution in [0.1, 0.15) is 17.1 Å². The van der Waals surface area contributed by atoms with Gasteiger partial charge in [-0.1, -0.05) is 12.1 Å². The molecule has 2 heterocycles. The summed E-state index contributed by atoms with van der Waals surface area (Å²) >= 11 is 0. The third-order valence-electron chi connectivity index (χ3n) is 3.65. The van der Waals surface area contributed by atoms with Gasteiger partial charge in [-0.25, -0.2) is 0 Å². The standard InChI is InChI=1S/C17H18N4O2/c1-22-14-4-2-3-13(11-14)5-6-16-20-15(12-18)17(23-16)21-9-7-19-8-10-21/h2-6,11,19H,7-10H2,1H3. The van der Waals surface area contributed by atoms with E-state index in [9.17, 15) is 5.26 Å². The van der Waals surface area contributed by atoms with E-state index in [2.05, 4.69) is 16.4 Å². The van der Waals surface area contributed by atoms with Crippen LogP contribution < -0.4 is 15.0 Å². The molecule has 0 amide bonds. The first kappa shape index (κ1) is 15.1. The van der Waals surface area contributed by atoms with Gasteiger partial charge in [-0.05, 0) is 23.8 Å². The van der Waals surface area contributed by atoms with Gasteiger partial charge in [-0.2, -0.15) is 10.2 Å². The van der Waals surface area contributed by atoms with Gasteiger partial charge < -0.3 is 19.4 Å². The van der Waals surface area contributed by atoms with Gasteiger partial charge in [0.15, 0.2) is 0 Å². The van der Waals surface area contributed by atoms with Gasteiger partial charge in [-0.3, -0.25) is 0 Å². The van der Waals surface area contributed by atoms with Gasteiger partial charge in [0.1, 0.15) is 11.8 Å². The fourth-order valence-corrected chi connectivity index (χ4v) is 2.47. The van der Waals surface area contributed by atoms with Crippen molar-refractivity contribution in [3.8, 4) is 11.8 Å². The van der Waals surface area contributed by atoms with E-state index in [1.807, 2.05) is 35.2 Å². The minimum Gasteiger partial charge on any atom is -0.497 e. The molecule has 6 nitrogen and oxygen atoms in total. The van der Waals surface area contributed by atoms with Crippen LogP contribution in [0.5, 0.6) is 5.75 Å². The largest absolute Gasteiger partial charge is 0.497 e. The Bertz CT molecular complexity index is 739. The van der Waals surface area contributed by atoms with Crippen molar-refractivity contribution < 1.29 is 9.15 Å². The Morgan fingerprint density at radius 1 is 1.35 bits per heavy atom. The van der Waals surface area contributed by atoms with Crippen LogP contribution in [0.4, 0.5) is 5.88 Å². The predicted molar refractivity (Wildman–Crippen MR) is 88.2 cm³/mol. The van der Waals surface area contributed by atoms with Crippen molar-refractivity contribution in [2.24, 2.45) is 0 Å². The fraction of sp³-hybridized carbons (Fsp3) is 0.294. The SMILES string of the molecule is COc1cccc(C=Cc2nc(C#N)c(N3CCNCC3)o2)c1. The van der Waals surface area contributed by atoms with Crippen molar-refractivity contribution in [3.63, 3.8) is 0 Å². The van der Waals surface area contributed by atoms with Crippen LogP contribution in [-0.2, 0) is 0 Å². The first-order valence-corrected chi connectivity index (χ1v) is 7.49. The monoisotopic (exact) mass is 310 g/mol. The maximum Gasteiger partial charge on any atom is 0.235 e. The minimum absolute atomic E-state index is 0.331. The molecular weight excluding hydrogens is 292 g/mol. The molecule has 0 bridgehead atoms. The van der Waals surface area contributed by atoms with Crippen molar-refractivity contribution in [1.29, 1.82) is 5.26 Å². The Balaban J connectivity index is 1.81. The van der Waals surface area contributed by atoms with E-state index >= 15 is 0 Å². The van der Waals surface area contributed by atoms with E-state index in [1.165, 1.54) is 0 Å². The maximum atomic E-state index is 9.26. The number of nitriles is 1. The second-order valence-corrected chi connectivity index (χ2v) is 5.16. The normalized spacial score (nSPS) is 14.9. The second kappa shape index (κ2) is 6.99. The summed E-state index contributed by atoms with van der Waals surface area (Å²) in [4.78, 5) is 6.30. The van der Waals surface area contributed by atoms with Crippen LogP contribution in [0.15, 0.2) is 28.7 Å². The second-order valence-electron chi connectivity index (χ2n) is 5.16. The molecule has 0 aliphatic carbocycles. The first-order chi connectivity index (χ1) is 11.3. The van der Waals surface area contributed by atoms with Gasteiger partial charge in [-0.15, -0.1) is 0 Å². The van der Waals surface area contributed by atoms with Crippen LogP contribution in [0.3, 0.4) is 0 Å². The number of anilines is 1. The van der Waals surface area contributed by atoms with Crippen molar-refractivity contribution in [2.45, 2.75) is 0 Å². The Hall–Kier alpha value is -2.78. The fourth-order valence-electron chi connectivity index (χ4n) is 2.47. The molecule has 1 aliphatic rings. The number of rotatable bonds is 4. The molecular formula is C17H18N4O2. The van der Waals surface area contributed by atoms with E-state index in [4.69, 9.17) is 9.15 Å². The Kier molecular flexibility index (Phi) is 4.60. The number of aromatic nitrogens is 1. The highest BCUT2D eigenvalue weighted by atomic mass is 16.5. The Morgan fingerprint density at radius 2 is 2.17 bits per heavy atom. The van der Waals surface area contributed by atoms with Crippen molar-refractivity contribution in [1.82, 2.24) is 10.3 Å². The van der Waals surface area contributed by atoms with Crippen molar-refractivity contribution in [2.75, 3.05) is 38.2 Å². The van der Waals surface area contributed by atoms with Crippen LogP contribution in [0.2, 0.25) is 0 Å². The molecule has 3 rings (SSSR count). The summed E-state index contributed by atoms with van der Waals surface area (Å²) in [7, 11) is 1.63. The van der Waals surface area contributed by atoms with Crippen LogP contribution in [0.25, 0.3) is 12.2 Å². The Morgan fingerprint density at radius 3 is 2.91 bits per heavy atom. The third-order valence-corrected chi connectivity index (χ3v) is 3.65. The lowest BCUT2D eigenvalue weighted by Gasteiger charge is -2.26. The third kappa shape index (κ3) is 3.52.